The number of fused-ring (bicyclic) bond motifs is 1. The van der Waals surface area contributed by atoms with Crippen molar-refractivity contribution < 1.29 is 9.59 Å². The number of aromatic nitrogens is 2. The van der Waals surface area contributed by atoms with E-state index in [0.717, 1.165) is 0 Å². The maximum absolute atomic E-state index is 11.8. The zero-order valence-corrected chi connectivity index (χ0v) is 9.96. The van der Waals surface area contributed by atoms with Crippen LogP contribution in [0.2, 0.25) is 0 Å². The molecule has 2 heterocycles. The van der Waals surface area contributed by atoms with Gasteiger partial charge in [-0.3, -0.25) is 15.0 Å². The molecule has 3 amide bonds. The number of nitrogens with one attached hydrogen (secondary N) is 1. The van der Waals surface area contributed by atoms with Gasteiger partial charge in [0, 0.05) is 24.0 Å². The molecule has 1 saturated heterocycles. The molecule has 1 aromatic heterocycles. The topological polar surface area (TPSA) is 101 Å². The first-order valence-corrected chi connectivity index (χ1v) is 5.77. The zero-order valence-electron chi connectivity index (χ0n) is 9.96. The molecule has 1 fully saturated rings. The first kappa shape index (κ1) is 11.4. The first-order chi connectivity index (χ1) is 9.15. The lowest BCUT2D eigenvalue weighted by Crippen LogP contribution is -2.49. The highest BCUT2D eigenvalue weighted by atomic mass is 16.2. The maximum atomic E-state index is 11.8. The molecule has 0 saturated carbocycles. The number of rotatable bonds is 1. The number of benzene rings is 1. The molecule has 7 nitrogen and oxygen atoms in total. The second-order valence-electron chi connectivity index (χ2n) is 4.22. The van der Waals surface area contributed by atoms with Gasteiger partial charge in [0.25, 0.3) is 0 Å². The minimum atomic E-state index is -0.425. The van der Waals surface area contributed by atoms with E-state index >= 15 is 0 Å². The lowest BCUT2D eigenvalue weighted by Gasteiger charge is -2.26. The number of nitrogens with two attached hydrogens (primary N) is 1. The number of amides is 3. The maximum Gasteiger partial charge on any atom is 0.328 e. The smallest absolute Gasteiger partial charge is 0.328 e. The van der Waals surface area contributed by atoms with Crippen LogP contribution in [0.4, 0.5) is 16.3 Å². The number of nitrogens with zero attached hydrogens (tertiary/aromatic N) is 3. The van der Waals surface area contributed by atoms with Gasteiger partial charge in [0.05, 0.1) is 5.52 Å². The molecular formula is C12H11N5O2. The van der Waals surface area contributed by atoms with Crippen LogP contribution < -0.4 is 16.0 Å². The number of hydrogen-bond acceptors (Lipinski definition) is 5. The molecule has 96 valence electrons. The van der Waals surface area contributed by atoms with E-state index in [1.807, 2.05) is 0 Å². The van der Waals surface area contributed by atoms with E-state index in [1.54, 1.807) is 18.2 Å². The second kappa shape index (κ2) is 4.20. The summed E-state index contributed by atoms with van der Waals surface area (Å²) >= 11 is 0. The lowest BCUT2D eigenvalue weighted by atomic mass is 10.2. The third-order valence-electron chi connectivity index (χ3n) is 3.02. The van der Waals surface area contributed by atoms with Crippen LogP contribution in [-0.4, -0.2) is 28.5 Å². The van der Waals surface area contributed by atoms with Crippen molar-refractivity contribution in [1.82, 2.24) is 15.3 Å². The average molecular weight is 257 g/mol. The summed E-state index contributed by atoms with van der Waals surface area (Å²) in [6.45, 7) is 0.351. The summed E-state index contributed by atoms with van der Waals surface area (Å²) in [7, 11) is 0. The van der Waals surface area contributed by atoms with Gasteiger partial charge in [-0.05, 0) is 18.2 Å². The number of anilines is 2. The Kier molecular flexibility index (Phi) is 2.52. The fourth-order valence-electron chi connectivity index (χ4n) is 2.04. The molecule has 1 aliphatic heterocycles. The number of hydrogen-bond donors (Lipinski definition) is 2. The number of imide groups is 1. The molecule has 0 unspecified atom stereocenters. The fourth-order valence-corrected chi connectivity index (χ4v) is 2.04. The summed E-state index contributed by atoms with van der Waals surface area (Å²) in [5.41, 5.74) is 7.17. The van der Waals surface area contributed by atoms with Crippen LogP contribution in [0.1, 0.15) is 6.42 Å². The van der Waals surface area contributed by atoms with Gasteiger partial charge in [-0.2, -0.15) is 0 Å². The van der Waals surface area contributed by atoms with E-state index in [4.69, 9.17) is 5.73 Å². The SMILES string of the molecule is Nc1ncnc2ccc(N3CCC(=O)NC3=O)cc12. The van der Waals surface area contributed by atoms with Gasteiger partial charge in [0.2, 0.25) is 5.91 Å². The third kappa shape index (κ3) is 1.95. The average Bonchev–Trinajstić information content (AvgIpc) is 2.39. The van der Waals surface area contributed by atoms with Crippen LogP contribution >= 0.6 is 0 Å². The Morgan fingerprint density at radius 3 is 2.89 bits per heavy atom. The molecule has 0 atom stereocenters. The second-order valence-corrected chi connectivity index (χ2v) is 4.22. The highest BCUT2D eigenvalue weighted by Crippen LogP contribution is 2.24. The quantitative estimate of drug-likeness (QED) is 0.781. The van der Waals surface area contributed by atoms with Crippen molar-refractivity contribution in [1.29, 1.82) is 0 Å². The summed E-state index contributed by atoms with van der Waals surface area (Å²) < 4.78 is 0. The van der Waals surface area contributed by atoms with Gasteiger partial charge in [-0.15, -0.1) is 0 Å². The van der Waals surface area contributed by atoms with E-state index in [2.05, 4.69) is 15.3 Å². The van der Waals surface area contributed by atoms with Gasteiger partial charge in [0.15, 0.2) is 0 Å². The van der Waals surface area contributed by atoms with Crippen LogP contribution in [-0.2, 0) is 4.79 Å². The Labute approximate surface area is 108 Å². The molecule has 1 aromatic carbocycles. The fraction of sp³-hybridized carbons (Fsp3) is 0.167. The Morgan fingerprint density at radius 1 is 1.26 bits per heavy atom. The lowest BCUT2D eigenvalue weighted by molar-refractivity contribution is -0.120. The Balaban J connectivity index is 2.04. The summed E-state index contributed by atoms with van der Waals surface area (Å²) in [6, 6.07) is 4.86. The van der Waals surface area contributed by atoms with Crippen LogP contribution in [0.25, 0.3) is 10.9 Å². The Morgan fingerprint density at radius 2 is 2.11 bits per heavy atom. The molecular weight excluding hydrogens is 246 g/mol. The highest BCUT2D eigenvalue weighted by molar-refractivity contribution is 6.06. The number of carbonyl (C=O) groups is 2. The number of urea groups is 1. The predicted molar refractivity (Wildman–Crippen MR) is 69.5 cm³/mol. The van der Waals surface area contributed by atoms with Crippen molar-refractivity contribution in [3.63, 3.8) is 0 Å². The molecule has 2 aromatic rings. The Bertz CT molecular complexity index is 685. The molecule has 0 bridgehead atoms. The standard InChI is InChI=1S/C12H11N5O2/c13-11-8-5-7(1-2-9(8)14-6-15-11)17-4-3-10(18)16-12(17)19/h1-2,5-6H,3-4H2,(H2,13,14,15)(H,16,18,19). The van der Waals surface area contributed by atoms with Crippen LogP contribution in [0.3, 0.4) is 0 Å². The predicted octanol–water partition coefficient (Wildman–Crippen LogP) is 0.658. The molecule has 7 heteroatoms. The van der Waals surface area contributed by atoms with E-state index in [9.17, 15) is 9.59 Å². The monoisotopic (exact) mass is 257 g/mol. The van der Waals surface area contributed by atoms with Gasteiger partial charge in [-0.1, -0.05) is 0 Å². The third-order valence-corrected chi connectivity index (χ3v) is 3.02. The van der Waals surface area contributed by atoms with Crippen molar-refractivity contribution in [2.45, 2.75) is 6.42 Å². The minimum absolute atomic E-state index is 0.259. The van der Waals surface area contributed by atoms with Crippen LogP contribution in [0.15, 0.2) is 24.5 Å². The van der Waals surface area contributed by atoms with E-state index in [-0.39, 0.29) is 12.3 Å². The van der Waals surface area contributed by atoms with Gasteiger partial charge >= 0.3 is 6.03 Å². The number of carbonyl (C=O) groups excluding carboxylic acids is 2. The summed E-state index contributed by atoms with van der Waals surface area (Å²) in [5, 5.41) is 2.96. The summed E-state index contributed by atoms with van der Waals surface area (Å²) in [6.07, 6.45) is 1.67. The van der Waals surface area contributed by atoms with Crippen molar-refractivity contribution in [3.8, 4) is 0 Å². The van der Waals surface area contributed by atoms with Gasteiger partial charge in [0.1, 0.15) is 12.1 Å². The molecule has 1 aliphatic rings. The molecule has 3 rings (SSSR count). The Hall–Kier alpha value is -2.70. The van der Waals surface area contributed by atoms with Crippen molar-refractivity contribution >= 4 is 34.3 Å². The van der Waals surface area contributed by atoms with E-state index < -0.39 is 6.03 Å². The van der Waals surface area contributed by atoms with Crippen molar-refractivity contribution in [2.75, 3.05) is 17.2 Å². The van der Waals surface area contributed by atoms with Crippen molar-refractivity contribution in [2.24, 2.45) is 0 Å². The van der Waals surface area contributed by atoms with Gasteiger partial charge < -0.3 is 5.73 Å². The molecule has 0 aliphatic carbocycles. The zero-order chi connectivity index (χ0) is 13.4. The summed E-state index contributed by atoms with van der Waals surface area (Å²) in [4.78, 5) is 32.4. The summed E-state index contributed by atoms with van der Waals surface area (Å²) in [5.74, 6) is 0.102. The van der Waals surface area contributed by atoms with E-state index in [1.165, 1.54) is 11.2 Å². The van der Waals surface area contributed by atoms with Crippen LogP contribution in [0.5, 0.6) is 0 Å². The van der Waals surface area contributed by atoms with Crippen molar-refractivity contribution in [3.05, 3.63) is 24.5 Å². The minimum Gasteiger partial charge on any atom is -0.383 e. The normalized spacial score (nSPS) is 15.7. The first-order valence-electron chi connectivity index (χ1n) is 5.77. The molecule has 3 N–H and O–H groups in total. The molecule has 0 spiro atoms. The van der Waals surface area contributed by atoms with E-state index in [0.29, 0.717) is 29.0 Å². The van der Waals surface area contributed by atoms with Gasteiger partial charge in [-0.25, -0.2) is 14.8 Å². The molecule has 0 radical (unpaired) electrons. The highest BCUT2D eigenvalue weighted by Gasteiger charge is 2.24. The number of nitrogen functional groups attached to an aromatic ring is 1. The molecule has 19 heavy (non-hydrogen) atoms. The van der Waals surface area contributed by atoms with Crippen LogP contribution in [0, 0.1) is 0 Å². The largest absolute Gasteiger partial charge is 0.383 e.